The topological polar surface area (TPSA) is 35.2 Å². The molecule has 1 aromatic carbocycles. The lowest BCUT2D eigenvalue weighted by Gasteiger charge is -2.33. The highest BCUT2D eigenvalue weighted by Crippen LogP contribution is 2.39. The number of hydrogen-bond donors (Lipinski definition) is 1. The van der Waals surface area contributed by atoms with E-state index in [4.69, 9.17) is 10.5 Å². The minimum atomic E-state index is 0.166. The van der Waals surface area contributed by atoms with E-state index in [9.17, 15) is 0 Å². The third-order valence-corrected chi connectivity index (χ3v) is 3.39. The van der Waals surface area contributed by atoms with Crippen LogP contribution in [0.2, 0.25) is 0 Å². The lowest BCUT2D eigenvalue weighted by Crippen LogP contribution is -2.30. The van der Waals surface area contributed by atoms with Gasteiger partial charge < -0.3 is 10.5 Å². The molecule has 0 amide bonds. The summed E-state index contributed by atoms with van der Waals surface area (Å²) in [6.07, 6.45) is 4.34. The normalized spacial score (nSPS) is 22.4. The Morgan fingerprint density at radius 1 is 1.39 bits per heavy atom. The molecular weight excluding hydrogens is 222 g/mol. The Balaban J connectivity index is 2.28. The lowest BCUT2D eigenvalue weighted by atomic mass is 9.74. The molecule has 0 heterocycles. The summed E-state index contributed by atoms with van der Waals surface area (Å²) < 4.78 is 5.56. The summed E-state index contributed by atoms with van der Waals surface area (Å²) in [5.74, 6) is 0.938. The van der Waals surface area contributed by atoms with Gasteiger partial charge in [0.2, 0.25) is 0 Å². The number of allylic oxidation sites excluding steroid dienone is 1. The minimum Gasteiger partial charge on any atom is -0.494 e. The molecule has 2 nitrogen and oxygen atoms in total. The number of nitrogens with two attached hydrogens (primary N) is 1. The van der Waals surface area contributed by atoms with Crippen molar-refractivity contribution in [2.24, 2.45) is 11.1 Å². The fraction of sp³-hybridized carbons (Fsp3) is 0.500. The van der Waals surface area contributed by atoms with Crippen LogP contribution in [-0.2, 0) is 0 Å². The van der Waals surface area contributed by atoms with Crippen LogP contribution < -0.4 is 10.5 Å². The molecule has 0 aliphatic heterocycles. The minimum absolute atomic E-state index is 0.166. The van der Waals surface area contributed by atoms with Crippen molar-refractivity contribution in [3.05, 3.63) is 35.9 Å². The zero-order valence-corrected chi connectivity index (χ0v) is 11.6. The average Bonchev–Trinajstić information content (AvgIpc) is 2.27. The van der Waals surface area contributed by atoms with Crippen molar-refractivity contribution in [1.29, 1.82) is 0 Å². The van der Waals surface area contributed by atoms with E-state index in [-0.39, 0.29) is 11.5 Å². The molecule has 0 saturated heterocycles. The first-order chi connectivity index (χ1) is 8.50. The molecule has 2 rings (SSSR count). The van der Waals surface area contributed by atoms with Crippen molar-refractivity contribution in [1.82, 2.24) is 0 Å². The monoisotopic (exact) mass is 245 g/mol. The number of hydrogen-bond acceptors (Lipinski definition) is 2. The van der Waals surface area contributed by atoms with E-state index < -0.39 is 0 Å². The molecule has 0 aromatic heterocycles. The molecule has 18 heavy (non-hydrogen) atoms. The number of benzene rings is 1. The maximum absolute atomic E-state index is 6.13. The van der Waals surface area contributed by atoms with Crippen molar-refractivity contribution < 1.29 is 4.74 Å². The summed E-state index contributed by atoms with van der Waals surface area (Å²) in [5, 5.41) is 0. The Morgan fingerprint density at radius 3 is 2.83 bits per heavy atom. The highest BCUT2D eigenvalue weighted by Gasteiger charge is 2.27. The number of ether oxygens (including phenoxy) is 1. The molecule has 1 aromatic rings. The fourth-order valence-corrected chi connectivity index (χ4v) is 2.75. The first-order valence-electron chi connectivity index (χ1n) is 6.70. The average molecular weight is 245 g/mol. The Morgan fingerprint density at radius 2 is 2.17 bits per heavy atom. The standard InChI is InChI=1S/C16H23NO/c1-4-18-15-7-5-6-12(9-15)13-8-14(17)11-16(2,3)10-13/h5-9,14H,4,10-11,17H2,1-3H3. The highest BCUT2D eigenvalue weighted by atomic mass is 16.5. The SMILES string of the molecule is CCOc1cccc(C2=CC(N)CC(C)(C)C2)c1. The van der Waals surface area contributed by atoms with Crippen molar-refractivity contribution >= 4 is 5.57 Å². The molecule has 0 bridgehead atoms. The molecule has 1 atom stereocenters. The highest BCUT2D eigenvalue weighted by molar-refractivity contribution is 5.68. The van der Waals surface area contributed by atoms with Crippen molar-refractivity contribution in [3.8, 4) is 5.75 Å². The van der Waals surface area contributed by atoms with Crippen LogP contribution in [0.3, 0.4) is 0 Å². The molecule has 1 aliphatic rings. The van der Waals surface area contributed by atoms with E-state index in [1.165, 1.54) is 11.1 Å². The van der Waals surface area contributed by atoms with E-state index in [1.807, 2.05) is 19.1 Å². The van der Waals surface area contributed by atoms with Crippen LogP contribution in [0, 0.1) is 5.41 Å². The van der Waals surface area contributed by atoms with E-state index in [0.717, 1.165) is 18.6 Å². The molecule has 0 radical (unpaired) electrons. The second-order valence-corrected chi connectivity index (χ2v) is 5.86. The Hall–Kier alpha value is -1.28. The molecule has 2 heteroatoms. The molecule has 1 unspecified atom stereocenters. The van der Waals surface area contributed by atoms with E-state index >= 15 is 0 Å². The van der Waals surface area contributed by atoms with Crippen molar-refractivity contribution in [2.75, 3.05) is 6.61 Å². The molecule has 2 N–H and O–H groups in total. The Labute approximate surface area is 110 Å². The predicted octanol–water partition coefficient (Wildman–Crippen LogP) is 3.62. The molecular formula is C16H23NO. The van der Waals surface area contributed by atoms with Crippen molar-refractivity contribution in [2.45, 2.75) is 39.7 Å². The summed E-state index contributed by atoms with van der Waals surface area (Å²) in [5.41, 5.74) is 9.00. The molecule has 0 fully saturated rings. The fourth-order valence-electron chi connectivity index (χ4n) is 2.75. The van der Waals surface area contributed by atoms with Crippen LogP contribution in [0.25, 0.3) is 5.57 Å². The van der Waals surface area contributed by atoms with Gasteiger partial charge in [-0.25, -0.2) is 0 Å². The van der Waals surface area contributed by atoms with Gasteiger partial charge in [0, 0.05) is 6.04 Å². The van der Waals surface area contributed by atoms with Crippen molar-refractivity contribution in [3.63, 3.8) is 0 Å². The van der Waals surface area contributed by atoms with Crippen LogP contribution in [0.4, 0.5) is 0 Å². The first-order valence-corrected chi connectivity index (χ1v) is 6.70. The van der Waals surface area contributed by atoms with Crippen LogP contribution in [-0.4, -0.2) is 12.6 Å². The maximum Gasteiger partial charge on any atom is 0.119 e. The zero-order chi connectivity index (χ0) is 13.2. The summed E-state index contributed by atoms with van der Waals surface area (Å²) in [4.78, 5) is 0. The van der Waals surface area contributed by atoms with Gasteiger partial charge in [0.1, 0.15) is 5.75 Å². The Kier molecular flexibility index (Phi) is 3.76. The van der Waals surface area contributed by atoms with Gasteiger partial charge in [-0.1, -0.05) is 32.1 Å². The van der Waals surface area contributed by atoms with Crippen LogP contribution >= 0.6 is 0 Å². The van der Waals surface area contributed by atoms with Crippen LogP contribution in [0.5, 0.6) is 5.75 Å². The van der Waals surface area contributed by atoms with Gasteiger partial charge in [-0.05, 0) is 48.4 Å². The van der Waals surface area contributed by atoms with Gasteiger partial charge in [-0.15, -0.1) is 0 Å². The first kappa shape index (κ1) is 13.2. The van der Waals surface area contributed by atoms with E-state index in [0.29, 0.717) is 6.61 Å². The number of rotatable bonds is 3. The van der Waals surface area contributed by atoms with Gasteiger partial charge in [0.25, 0.3) is 0 Å². The summed E-state index contributed by atoms with van der Waals surface area (Å²) in [6.45, 7) is 7.28. The predicted molar refractivity (Wildman–Crippen MR) is 76.6 cm³/mol. The third kappa shape index (κ3) is 3.14. The molecule has 1 aliphatic carbocycles. The van der Waals surface area contributed by atoms with Crippen LogP contribution in [0.15, 0.2) is 30.3 Å². The van der Waals surface area contributed by atoms with E-state index in [2.05, 4.69) is 32.1 Å². The quantitative estimate of drug-likeness (QED) is 0.882. The van der Waals surface area contributed by atoms with Crippen LogP contribution in [0.1, 0.15) is 39.2 Å². The van der Waals surface area contributed by atoms with Gasteiger partial charge in [-0.3, -0.25) is 0 Å². The second-order valence-electron chi connectivity index (χ2n) is 5.86. The van der Waals surface area contributed by atoms with Gasteiger partial charge in [-0.2, -0.15) is 0 Å². The summed E-state index contributed by atoms with van der Waals surface area (Å²) >= 11 is 0. The molecule has 0 spiro atoms. The molecule has 0 saturated carbocycles. The molecule has 98 valence electrons. The smallest absolute Gasteiger partial charge is 0.119 e. The van der Waals surface area contributed by atoms with Gasteiger partial charge >= 0.3 is 0 Å². The maximum atomic E-state index is 6.13. The zero-order valence-electron chi connectivity index (χ0n) is 11.6. The Bertz CT molecular complexity index is 448. The summed E-state index contributed by atoms with van der Waals surface area (Å²) in [7, 11) is 0. The van der Waals surface area contributed by atoms with E-state index in [1.54, 1.807) is 0 Å². The van der Waals surface area contributed by atoms with Gasteiger partial charge in [0.05, 0.1) is 6.61 Å². The summed E-state index contributed by atoms with van der Waals surface area (Å²) in [6, 6.07) is 8.47. The van der Waals surface area contributed by atoms with Gasteiger partial charge in [0.15, 0.2) is 0 Å². The third-order valence-electron chi connectivity index (χ3n) is 3.39. The lowest BCUT2D eigenvalue weighted by molar-refractivity contribution is 0.318. The largest absolute Gasteiger partial charge is 0.494 e. The second kappa shape index (κ2) is 5.15.